The Morgan fingerprint density at radius 2 is 2.16 bits per heavy atom. The fraction of sp³-hybridized carbons (Fsp3) is 0.786. The van der Waals surface area contributed by atoms with Gasteiger partial charge in [-0.3, -0.25) is 0 Å². The molecule has 0 bridgehead atoms. The molecule has 1 fully saturated rings. The number of fused-ring (bicyclic) bond motifs is 1. The highest BCUT2D eigenvalue weighted by atomic mass is 16.7. The summed E-state index contributed by atoms with van der Waals surface area (Å²) in [6.45, 7) is 9.82. The second kappa shape index (κ2) is 4.62. The van der Waals surface area contributed by atoms with Gasteiger partial charge < -0.3 is 9.68 Å². The summed E-state index contributed by atoms with van der Waals surface area (Å²) in [4.78, 5) is 22.8. The van der Waals surface area contributed by atoms with E-state index in [1.54, 1.807) is 13.8 Å². The average Bonchev–Trinajstić information content (AvgIpc) is 2.82. The summed E-state index contributed by atoms with van der Waals surface area (Å²) in [5.74, 6) is -0.397. The molecule has 0 spiro atoms. The van der Waals surface area contributed by atoms with Crippen molar-refractivity contribution in [3.63, 3.8) is 0 Å². The number of oxime groups is 2. The van der Waals surface area contributed by atoms with Crippen LogP contribution in [0, 0.1) is 11.3 Å². The molecule has 2 rings (SSSR count). The first-order chi connectivity index (χ1) is 8.77. The molecule has 1 aliphatic heterocycles. The van der Waals surface area contributed by atoms with Crippen LogP contribution in [-0.2, 0) is 14.5 Å². The van der Waals surface area contributed by atoms with E-state index in [4.69, 9.17) is 9.68 Å². The van der Waals surface area contributed by atoms with Gasteiger partial charge in [-0.25, -0.2) is 4.79 Å². The number of carbonyl (C=O) groups is 1. The Morgan fingerprint density at radius 1 is 1.47 bits per heavy atom. The molecule has 0 amide bonds. The largest absolute Gasteiger partial charge is 0.381 e. The normalized spacial score (nSPS) is 29.3. The predicted molar refractivity (Wildman–Crippen MR) is 72.9 cm³/mol. The van der Waals surface area contributed by atoms with E-state index in [0.29, 0.717) is 12.1 Å². The number of nitrogens with zero attached hydrogens (tertiary/aromatic N) is 2. The van der Waals surface area contributed by atoms with Crippen LogP contribution < -0.4 is 0 Å². The van der Waals surface area contributed by atoms with Gasteiger partial charge in [0.25, 0.3) is 0 Å². The lowest BCUT2D eigenvalue weighted by Crippen LogP contribution is -2.45. The zero-order valence-electron chi connectivity index (χ0n) is 12.3. The maximum absolute atomic E-state index is 12.3. The molecule has 19 heavy (non-hydrogen) atoms. The van der Waals surface area contributed by atoms with Gasteiger partial charge in [0.2, 0.25) is 5.60 Å². The van der Waals surface area contributed by atoms with Crippen molar-refractivity contribution >= 4 is 17.4 Å². The lowest BCUT2D eigenvalue weighted by atomic mass is 9.76. The van der Waals surface area contributed by atoms with Crippen molar-refractivity contribution in [1.82, 2.24) is 0 Å². The molecule has 0 aromatic carbocycles. The van der Waals surface area contributed by atoms with Crippen LogP contribution in [0.3, 0.4) is 0 Å². The van der Waals surface area contributed by atoms with Gasteiger partial charge in [-0.15, -0.1) is 0 Å². The molecule has 1 heterocycles. The number of rotatable bonds is 2. The summed E-state index contributed by atoms with van der Waals surface area (Å²) in [5, 5.41) is 7.93. The van der Waals surface area contributed by atoms with E-state index in [2.05, 4.69) is 31.1 Å². The van der Waals surface area contributed by atoms with Crippen LogP contribution in [0.25, 0.3) is 0 Å². The van der Waals surface area contributed by atoms with Crippen LogP contribution in [0.4, 0.5) is 0 Å². The van der Waals surface area contributed by atoms with E-state index in [0.717, 1.165) is 18.6 Å². The monoisotopic (exact) mass is 266 g/mol. The highest BCUT2D eigenvalue weighted by molar-refractivity contribution is 5.99. The Hall–Kier alpha value is -1.39. The minimum Gasteiger partial charge on any atom is -0.376 e. The first kappa shape index (κ1) is 14.0. The molecule has 1 aliphatic carbocycles. The van der Waals surface area contributed by atoms with Crippen molar-refractivity contribution in [2.75, 3.05) is 0 Å². The van der Waals surface area contributed by atoms with Gasteiger partial charge in [-0.2, -0.15) is 0 Å². The van der Waals surface area contributed by atoms with Crippen molar-refractivity contribution < 1.29 is 14.5 Å². The van der Waals surface area contributed by atoms with Crippen LogP contribution in [0.15, 0.2) is 10.3 Å². The fourth-order valence-electron chi connectivity index (χ4n) is 2.79. The van der Waals surface area contributed by atoms with Gasteiger partial charge in [-0.1, -0.05) is 31.1 Å². The van der Waals surface area contributed by atoms with Crippen molar-refractivity contribution in [1.29, 1.82) is 0 Å². The zero-order chi connectivity index (χ0) is 14.3. The second-order valence-electron chi connectivity index (χ2n) is 6.57. The second-order valence-corrected chi connectivity index (χ2v) is 6.57. The minimum atomic E-state index is -0.943. The molecule has 5 heteroatoms. The molecule has 106 valence electrons. The van der Waals surface area contributed by atoms with E-state index < -0.39 is 11.6 Å². The van der Waals surface area contributed by atoms with Gasteiger partial charge in [0.1, 0.15) is 0 Å². The third-order valence-electron chi connectivity index (χ3n) is 3.67. The van der Waals surface area contributed by atoms with Gasteiger partial charge >= 0.3 is 5.97 Å². The Kier molecular flexibility index (Phi) is 3.41. The van der Waals surface area contributed by atoms with Crippen LogP contribution in [0.1, 0.15) is 53.9 Å². The average molecular weight is 266 g/mol. The van der Waals surface area contributed by atoms with Crippen molar-refractivity contribution in [2.24, 2.45) is 21.6 Å². The summed E-state index contributed by atoms with van der Waals surface area (Å²) < 4.78 is 0. The Labute approximate surface area is 114 Å². The Balaban J connectivity index is 2.21. The van der Waals surface area contributed by atoms with E-state index in [9.17, 15) is 4.79 Å². The third-order valence-corrected chi connectivity index (χ3v) is 3.67. The summed E-state index contributed by atoms with van der Waals surface area (Å²) in [5.41, 5.74) is 0.621. The first-order valence-corrected chi connectivity index (χ1v) is 6.76. The van der Waals surface area contributed by atoms with Gasteiger partial charge in [0, 0.05) is 11.8 Å². The van der Waals surface area contributed by atoms with Gasteiger partial charge in [0.15, 0.2) is 0 Å². The van der Waals surface area contributed by atoms with Crippen LogP contribution >= 0.6 is 0 Å². The topological polar surface area (TPSA) is 60.2 Å². The van der Waals surface area contributed by atoms with E-state index in [-0.39, 0.29) is 11.3 Å². The van der Waals surface area contributed by atoms with Crippen molar-refractivity contribution in [3.8, 4) is 0 Å². The molecule has 0 aromatic rings. The molecular weight excluding hydrogens is 244 g/mol. The molecule has 2 atom stereocenters. The molecule has 0 N–H and O–H groups in total. The van der Waals surface area contributed by atoms with Crippen LogP contribution in [0.2, 0.25) is 0 Å². The molecule has 2 unspecified atom stereocenters. The smallest absolute Gasteiger partial charge is 0.376 e. The maximum Gasteiger partial charge on any atom is 0.381 e. The molecule has 0 aromatic heterocycles. The minimum absolute atomic E-state index is 0.0207. The highest BCUT2D eigenvalue weighted by Gasteiger charge is 2.60. The molecule has 0 saturated heterocycles. The zero-order valence-corrected chi connectivity index (χ0v) is 12.3. The van der Waals surface area contributed by atoms with Crippen LogP contribution in [0.5, 0.6) is 0 Å². The van der Waals surface area contributed by atoms with E-state index >= 15 is 0 Å². The van der Waals surface area contributed by atoms with E-state index in [1.807, 2.05) is 0 Å². The lowest BCUT2D eigenvalue weighted by Gasteiger charge is -2.26. The SMILES string of the molecule is CC(C)=NOC(=O)C12CCCC1C(C(C)(C)C)=NO2. The molecule has 1 saturated carbocycles. The van der Waals surface area contributed by atoms with Crippen molar-refractivity contribution in [2.45, 2.75) is 59.5 Å². The number of hydrogen-bond acceptors (Lipinski definition) is 5. The molecule has 0 radical (unpaired) electrons. The van der Waals surface area contributed by atoms with Gasteiger partial charge in [0.05, 0.1) is 17.3 Å². The molecular formula is C14H22N2O3. The van der Waals surface area contributed by atoms with E-state index in [1.165, 1.54) is 0 Å². The van der Waals surface area contributed by atoms with Crippen LogP contribution in [-0.4, -0.2) is 23.0 Å². The van der Waals surface area contributed by atoms with Gasteiger partial charge in [-0.05, 0) is 26.7 Å². The number of carbonyl (C=O) groups excluding carboxylic acids is 1. The Morgan fingerprint density at radius 3 is 2.74 bits per heavy atom. The summed E-state index contributed by atoms with van der Waals surface area (Å²) >= 11 is 0. The third kappa shape index (κ3) is 2.38. The Bertz CT molecular complexity index is 444. The van der Waals surface area contributed by atoms with Crippen molar-refractivity contribution in [3.05, 3.63) is 0 Å². The maximum atomic E-state index is 12.3. The summed E-state index contributed by atoms with van der Waals surface area (Å²) in [7, 11) is 0. The molecule has 2 aliphatic rings. The number of hydrogen-bond donors (Lipinski definition) is 0. The quantitative estimate of drug-likeness (QED) is 0.438. The summed E-state index contributed by atoms with van der Waals surface area (Å²) in [6, 6.07) is 0. The first-order valence-electron chi connectivity index (χ1n) is 6.76. The predicted octanol–water partition coefficient (Wildman–Crippen LogP) is 2.90. The summed E-state index contributed by atoms with van der Waals surface area (Å²) in [6.07, 6.45) is 2.52. The fourth-order valence-corrected chi connectivity index (χ4v) is 2.79. The lowest BCUT2D eigenvalue weighted by molar-refractivity contribution is -0.172. The molecule has 5 nitrogen and oxygen atoms in total. The standard InChI is InChI=1S/C14H22N2O3/c1-9(2)15-18-12(17)14-8-6-7-10(14)11(16-19-14)13(3,4)5/h10H,6-8H2,1-5H3. The highest BCUT2D eigenvalue weighted by Crippen LogP contribution is 2.48.